The van der Waals surface area contributed by atoms with E-state index >= 15 is 0 Å². The molecule has 0 unspecified atom stereocenters. The second kappa shape index (κ2) is 4.44. The van der Waals surface area contributed by atoms with Crippen LogP contribution in [0.3, 0.4) is 0 Å². The summed E-state index contributed by atoms with van der Waals surface area (Å²) >= 11 is 3.31. The average molecular weight is 281 g/mol. The molecule has 0 atom stereocenters. The summed E-state index contributed by atoms with van der Waals surface area (Å²) in [5.41, 5.74) is 0.484. The second-order valence-corrected chi connectivity index (χ2v) is 3.98. The number of amides is 1. The standard InChI is InChI=1S/C10H9BrN4O/c1-15-8(4-6-13-15)10(16)14-9-7(11)3-2-5-12-9/h2-6H,1H3,(H,12,14,16). The van der Waals surface area contributed by atoms with E-state index in [-0.39, 0.29) is 5.91 Å². The van der Waals surface area contributed by atoms with Crippen LogP contribution in [0.15, 0.2) is 35.1 Å². The van der Waals surface area contributed by atoms with Crippen LogP contribution in [-0.4, -0.2) is 20.7 Å². The summed E-state index contributed by atoms with van der Waals surface area (Å²) in [6, 6.07) is 5.24. The fraction of sp³-hybridized carbons (Fsp3) is 0.100. The van der Waals surface area contributed by atoms with Crippen LogP contribution >= 0.6 is 15.9 Å². The third-order valence-corrected chi connectivity index (χ3v) is 2.68. The molecule has 0 bridgehead atoms. The number of carbonyl (C=O) groups is 1. The summed E-state index contributed by atoms with van der Waals surface area (Å²) in [5, 5.41) is 6.62. The zero-order valence-corrected chi connectivity index (χ0v) is 10.1. The molecule has 0 aliphatic rings. The summed E-state index contributed by atoms with van der Waals surface area (Å²) in [7, 11) is 1.71. The number of aryl methyl sites for hydroxylation is 1. The Hall–Kier alpha value is -1.69. The van der Waals surface area contributed by atoms with Crippen LogP contribution in [0.2, 0.25) is 0 Å². The number of rotatable bonds is 2. The van der Waals surface area contributed by atoms with Crippen molar-refractivity contribution in [1.82, 2.24) is 14.8 Å². The lowest BCUT2D eigenvalue weighted by molar-refractivity contribution is 0.101. The van der Waals surface area contributed by atoms with Crippen molar-refractivity contribution in [2.75, 3.05) is 5.32 Å². The average Bonchev–Trinajstić information content (AvgIpc) is 2.68. The summed E-state index contributed by atoms with van der Waals surface area (Å²) in [5.74, 6) is 0.258. The van der Waals surface area contributed by atoms with Gasteiger partial charge in [-0.15, -0.1) is 0 Å². The highest BCUT2D eigenvalue weighted by Crippen LogP contribution is 2.18. The van der Waals surface area contributed by atoms with E-state index in [4.69, 9.17) is 0 Å². The maximum Gasteiger partial charge on any atom is 0.275 e. The first kappa shape index (κ1) is 10.8. The zero-order chi connectivity index (χ0) is 11.5. The van der Waals surface area contributed by atoms with Gasteiger partial charge in [0.15, 0.2) is 0 Å². The summed E-state index contributed by atoms with van der Waals surface area (Å²) in [6.07, 6.45) is 3.19. The lowest BCUT2D eigenvalue weighted by atomic mass is 10.4. The molecule has 16 heavy (non-hydrogen) atoms. The Morgan fingerprint density at radius 3 is 2.88 bits per heavy atom. The molecular weight excluding hydrogens is 272 g/mol. The Balaban J connectivity index is 2.21. The van der Waals surface area contributed by atoms with E-state index < -0.39 is 0 Å². The number of nitrogens with one attached hydrogen (secondary N) is 1. The van der Waals surface area contributed by atoms with Crippen molar-refractivity contribution in [1.29, 1.82) is 0 Å². The monoisotopic (exact) mass is 280 g/mol. The molecule has 0 saturated heterocycles. The van der Waals surface area contributed by atoms with Gasteiger partial charge in [-0.2, -0.15) is 5.10 Å². The van der Waals surface area contributed by atoms with Crippen molar-refractivity contribution in [2.24, 2.45) is 7.05 Å². The summed E-state index contributed by atoms with van der Waals surface area (Å²) in [6.45, 7) is 0. The van der Waals surface area contributed by atoms with Gasteiger partial charge in [-0.3, -0.25) is 9.48 Å². The number of aromatic nitrogens is 3. The molecule has 2 aromatic rings. The van der Waals surface area contributed by atoms with E-state index in [9.17, 15) is 4.79 Å². The van der Waals surface area contributed by atoms with Gasteiger partial charge in [0, 0.05) is 19.4 Å². The normalized spacial score (nSPS) is 10.1. The van der Waals surface area contributed by atoms with Crippen molar-refractivity contribution in [3.63, 3.8) is 0 Å². The Labute approximate surface area is 101 Å². The van der Waals surface area contributed by atoms with Crippen molar-refractivity contribution in [3.8, 4) is 0 Å². The van der Waals surface area contributed by atoms with Gasteiger partial charge in [-0.05, 0) is 34.1 Å². The van der Waals surface area contributed by atoms with Crippen molar-refractivity contribution >= 4 is 27.7 Å². The number of anilines is 1. The maximum absolute atomic E-state index is 11.8. The van der Waals surface area contributed by atoms with Crippen molar-refractivity contribution in [3.05, 3.63) is 40.8 Å². The first-order chi connectivity index (χ1) is 7.68. The van der Waals surface area contributed by atoms with Gasteiger partial charge in [0.25, 0.3) is 5.91 Å². The van der Waals surface area contributed by atoms with E-state index in [1.54, 1.807) is 31.6 Å². The fourth-order valence-electron chi connectivity index (χ4n) is 1.25. The van der Waals surface area contributed by atoms with Gasteiger partial charge < -0.3 is 5.32 Å². The molecular formula is C10H9BrN4O. The molecule has 5 nitrogen and oxygen atoms in total. The molecule has 0 saturated carbocycles. The summed E-state index contributed by atoms with van der Waals surface area (Å²) in [4.78, 5) is 15.9. The molecule has 1 N–H and O–H groups in total. The number of hydrogen-bond acceptors (Lipinski definition) is 3. The van der Waals surface area contributed by atoms with E-state index in [0.717, 1.165) is 4.47 Å². The van der Waals surface area contributed by atoms with Crippen molar-refractivity contribution < 1.29 is 4.79 Å². The predicted molar refractivity (Wildman–Crippen MR) is 63.1 cm³/mol. The lowest BCUT2D eigenvalue weighted by Gasteiger charge is -2.05. The van der Waals surface area contributed by atoms with E-state index in [1.165, 1.54) is 4.68 Å². The van der Waals surface area contributed by atoms with Gasteiger partial charge in [0.2, 0.25) is 0 Å². The fourth-order valence-corrected chi connectivity index (χ4v) is 1.60. The highest BCUT2D eigenvalue weighted by atomic mass is 79.9. The molecule has 0 aliphatic carbocycles. The number of nitrogens with zero attached hydrogens (tertiary/aromatic N) is 3. The number of halogens is 1. The van der Waals surface area contributed by atoms with E-state index in [2.05, 4.69) is 31.3 Å². The molecule has 2 heterocycles. The zero-order valence-electron chi connectivity index (χ0n) is 8.51. The topological polar surface area (TPSA) is 59.8 Å². The molecule has 6 heteroatoms. The minimum absolute atomic E-state index is 0.237. The van der Waals surface area contributed by atoms with Gasteiger partial charge >= 0.3 is 0 Å². The van der Waals surface area contributed by atoms with E-state index in [1.807, 2.05) is 6.07 Å². The largest absolute Gasteiger partial charge is 0.304 e. The van der Waals surface area contributed by atoms with Crippen LogP contribution in [0.1, 0.15) is 10.5 Å². The predicted octanol–water partition coefficient (Wildman–Crippen LogP) is 1.83. The van der Waals surface area contributed by atoms with Crippen LogP contribution in [0.5, 0.6) is 0 Å². The van der Waals surface area contributed by atoms with Crippen LogP contribution in [0, 0.1) is 0 Å². The molecule has 2 aromatic heterocycles. The van der Waals surface area contributed by atoms with Crippen LogP contribution in [0.25, 0.3) is 0 Å². The van der Waals surface area contributed by atoms with Gasteiger partial charge in [-0.1, -0.05) is 0 Å². The highest BCUT2D eigenvalue weighted by Gasteiger charge is 2.11. The Morgan fingerprint density at radius 1 is 1.44 bits per heavy atom. The molecule has 0 radical (unpaired) electrons. The maximum atomic E-state index is 11.8. The smallest absolute Gasteiger partial charge is 0.275 e. The molecule has 82 valence electrons. The third kappa shape index (κ3) is 2.11. The summed E-state index contributed by atoms with van der Waals surface area (Å²) < 4.78 is 2.25. The van der Waals surface area contributed by atoms with Gasteiger partial charge in [0.05, 0.1) is 4.47 Å². The van der Waals surface area contributed by atoms with Crippen LogP contribution in [0.4, 0.5) is 5.82 Å². The highest BCUT2D eigenvalue weighted by molar-refractivity contribution is 9.10. The quantitative estimate of drug-likeness (QED) is 0.913. The minimum Gasteiger partial charge on any atom is -0.304 e. The molecule has 0 aromatic carbocycles. The van der Waals surface area contributed by atoms with Crippen LogP contribution < -0.4 is 5.32 Å². The third-order valence-electron chi connectivity index (χ3n) is 2.04. The van der Waals surface area contributed by atoms with Crippen LogP contribution in [-0.2, 0) is 7.05 Å². The second-order valence-electron chi connectivity index (χ2n) is 3.13. The van der Waals surface area contributed by atoms with E-state index in [0.29, 0.717) is 11.5 Å². The van der Waals surface area contributed by atoms with Gasteiger partial charge in [0.1, 0.15) is 11.5 Å². The first-order valence-electron chi connectivity index (χ1n) is 4.58. The van der Waals surface area contributed by atoms with Crippen molar-refractivity contribution in [2.45, 2.75) is 0 Å². The number of pyridine rings is 1. The number of carbonyl (C=O) groups excluding carboxylic acids is 1. The number of hydrogen-bond donors (Lipinski definition) is 1. The first-order valence-corrected chi connectivity index (χ1v) is 5.37. The molecule has 1 amide bonds. The Bertz CT molecular complexity index is 523. The molecule has 2 rings (SSSR count). The molecule has 0 spiro atoms. The SMILES string of the molecule is Cn1nccc1C(=O)Nc1ncccc1Br. The molecule has 0 aliphatic heterocycles. The Kier molecular flexibility index (Phi) is 3.00. The molecule has 0 fully saturated rings. The Morgan fingerprint density at radius 2 is 2.25 bits per heavy atom. The minimum atomic E-state index is -0.237. The van der Waals surface area contributed by atoms with Gasteiger partial charge in [-0.25, -0.2) is 4.98 Å². The lowest BCUT2D eigenvalue weighted by Crippen LogP contribution is -2.17.